The fourth-order valence-corrected chi connectivity index (χ4v) is 5.84. The van der Waals surface area contributed by atoms with Crippen LogP contribution in [0.25, 0.3) is 10.9 Å². The number of pyridine rings is 1. The van der Waals surface area contributed by atoms with E-state index in [1.165, 1.54) is 4.90 Å². The SMILES string of the molecule is COc1ccc2nccc([C@H](O)CC[C@@H]3CCN(CCCSc4ccccc4)C[C@@H]3C(=O)O)c2c1. The Morgan fingerprint density at radius 3 is 2.83 bits per heavy atom. The van der Waals surface area contributed by atoms with Gasteiger partial charge in [-0.3, -0.25) is 9.78 Å². The lowest BCUT2D eigenvalue weighted by molar-refractivity contribution is -0.146. The van der Waals surface area contributed by atoms with E-state index in [-0.39, 0.29) is 5.92 Å². The van der Waals surface area contributed by atoms with Crippen LogP contribution in [0.3, 0.4) is 0 Å². The van der Waals surface area contributed by atoms with Crippen LogP contribution < -0.4 is 4.74 Å². The van der Waals surface area contributed by atoms with E-state index in [0.717, 1.165) is 53.9 Å². The number of methoxy groups -OCH3 is 1. The minimum atomic E-state index is -0.730. The molecule has 0 aliphatic carbocycles. The van der Waals surface area contributed by atoms with Crippen molar-refractivity contribution in [1.29, 1.82) is 0 Å². The zero-order valence-electron chi connectivity index (χ0n) is 20.2. The number of carboxylic acids is 1. The Morgan fingerprint density at radius 2 is 2.06 bits per heavy atom. The number of carbonyl (C=O) groups is 1. The molecule has 4 rings (SSSR count). The lowest BCUT2D eigenvalue weighted by atomic mass is 9.81. The summed E-state index contributed by atoms with van der Waals surface area (Å²) >= 11 is 1.85. The summed E-state index contributed by atoms with van der Waals surface area (Å²) in [6, 6.07) is 17.9. The summed E-state index contributed by atoms with van der Waals surface area (Å²) in [4.78, 5) is 20.0. The van der Waals surface area contributed by atoms with Gasteiger partial charge in [0.25, 0.3) is 0 Å². The first-order valence-electron chi connectivity index (χ1n) is 12.3. The number of rotatable bonds is 11. The quantitative estimate of drug-likeness (QED) is 0.278. The molecular formula is C28H34N2O4S. The van der Waals surface area contributed by atoms with E-state index in [1.54, 1.807) is 13.3 Å². The summed E-state index contributed by atoms with van der Waals surface area (Å²) in [6.45, 7) is 2.42. The van der Waals surface area contributed by atoms with Crippen molar-refractivity contribution in [3.05, 3.63) is 66.4 Å². The van der Waals surface area contributed by atoms with E-state index < -0.39 is 18.0 Å². The minimum absolute atomic E-state index is 0.0692. The van der Waals surface area contributed by atoms with E-state index in [9.17, 15) is 15.0 Å². The smallest absolute Gasteiger partial charge is 0.308 e. The van der Waals surface area contributed by atoms with Crippen LogP contribution >= 0.6 is 11.8 Å². The average Bonchev–Trinajstić information content (AvgIpc) is 2.89. The molecule has 1 saturated heterocycles. The highest BCUT2D eigenvalue weighted by Gasteiger charge is 2.34. The number of carboxylic acid groups (broad SMARTS) is 1. The van der Waals surface area contributed by atoms with Crippen molar-refractivity contribution in [3.63, 3.8) is 0 Å². The fourth-order valence-electron chi connectivity index (χ4n) is 4.98. The molecule has 7 heteroatoms. The van der Waals surface area contributed by atoms with E-state index in [0.29, 0.717) is 19.4 Å². The van der Waals surface area contributed by atoms with E-state index in [4.69, 9.17) is 4.74 Å². The summed E-state index contributed by atoms with van der Waals surface area (Å²) in [7, 11) is 1.62. The number of hydrogen-bond acceptors (Lipinski definition) is 6. The maximum absolute atomic E-state index is 12.1. The molecule has 2 heterocycles. The van der Waals surface area contributed by atoms with Crippen molar-refractivity contribution in [2.75, 3.05) is 32.5 Å². The lowest BCUT2D eigenvalue weighted by Gasteiger charge is -2.37. The number of aliphatic hydroxyl groups excluding tert-OH is 1. The summed E-state index contributed by atoms with van der Waals surface area (Å²) in [5.41, 5.74) is 1.62. The number of fused-ring (bicyclic) bond motifs is 1. The van der Waals surface area contributed by atoms with E-state index >= 15 is 0 Å². The Hall–Kier alpha value is -2.61. The van der Waals surface area contributed by atoms with Crippen LogP contribution in [0.5, 0.6) is 5.75 Å². The predicted octanol–water partition coefficient (Wildman–Crippen LogP) is 5.26. The first-order chi connectivity index (χ1) is 17.0. The molecule has 0 unspecified atom stereocenters. The Morgan fingerprint density at radius 1 is 1.23 bits per heavy atom. The Labute approximate surface area is 211 Å². The van der Waals surface area contributed by atoms with Crippen LogP contribution in [0.2, 0.25) is 0 Å². The molecule has 0 radical (unpaired) electrons. The standard InChI is InChI=1S/C28H34N2O4S/c1-34-21-9-10-26-24(18-21)23(12-14-29-26)27(31)11-8-20-13-16-30(19-25(20)28(32)33)15-5-17-35-22-6-3-2-4-7-22/h2-4,6-7,9-10,12,14,18,20,25,27,31H,5,8,11,13,15-17,19H2,1H3,(H,32,33)/t20-,25+,27-/m1/s1. The number of aliphatic hydroxyl groups is 1. The predicted molar refractivity (Wildman–Crippen MR) is 140 cm³/mol. The molecule has 6 nitrogen and oxygen atoms in total. The molecule has 2 N–H and O–H groups in total. The van der Waals surface area contributed by atoms with Gasteiger partial charge in [-0.25, -0.2) is 0 Å². The molecule has 3 atom stereocenters. The fraction of sp³-hybridized carbons (Fsp3) is 0.429. The van der Waals surface area contributed by atoms with Crippen molar-refractivity contribution in [2.24, 2.45) is 11.8 Å². The zero-order valence-corrected chi connectivity index (χ0v) is 21.0. The van der Waals surface area contributed by atoms with Gasteiger partial charge in [-0.05, 0) is 92.4 Å². The zero-order chi connectivity index (χ0) is 24.6. The summed E-state index contributed by atoms with van der Waals surface area (Å²) in [6.07, 6.45) is 4.13. The van der Waals surface area contributed by atoms with Gasteiger partial charge in [0, 0.05) is 23.0 Å². The van der Waals surface area contributed by atoms with Crippen LogP contribution in [0.4, 0.5) is 0 Å². The first kappa shape index (κ1) is 25.5. The van der Waals surface area contributed by atoms with Gasteiger partial charge < -0.3 is 19.8 Å². The molecule has 0 bridgehead atoms. The van der Waals surface area contributed by atoms with Crippen LogP contribution in [0, 0.1) is 11.8 Å². The Bertz CT molecular complexity index is 1110. The lowest BCUT2D eigenvalue weighted by Crippen LogP contribution is -2.44. The Kier molecular flexibility index (Phi) is 9.01. The number of aliphatic carboxylic acids is 1. The normalized spacial score (nSPS) is 19.5. The number of thioether (sulfide) groups is 1. The largest absolute Gasteiger partial charge is 0.497 e. The third-order valence-corrected chi connectivity index (χ3v) is 8.04. The van der Waals surface area contributed by atoms with Gasteiger partial charge in [0.05, 0.1) is 24.6 Å². The summed E-state index contributed by atoms with van der Waals surface area (Å²) < 4.78 is 5.34. The number of hydrogen-bond donors (Lipinski definition) is 2. The van der Waals surface area contributed by atoms with Crippen LogP contribution in [0.1, 0.15) is 37.4 Å². The molecule has 35 heavy (non-hydrogen) atoms. The number of aromatic nitrogens is 1. The second-order valence-electron chi connectivity index (χ2n) is 9.19. The third kappa shape index (κ3) is 6.75. The number of piperidine rings is 1. The van der Waals surface area contributed by atoms with Crippen molar-refractivity contribution < 1.29 is 19.7 Å². The highest BCUT2D eigenvalue weighted by Crippen LogP contribution is 2.34. The highest BCUT2D eigenvalue weighted by molar-refractivity contribution is 7.99. The molecule has 0 spiro atoms. The van der Waals surface area contributed by atoms with Gasteiger partial charge in [-0.2, -0.15) is 0 Å². The first-order valence-corrected chi connectivity index (χ1v) is 13.3. The van der Waals surface area contributed by atoms with Gasteiger partial charge in [0.15, 0.2) is 0 Å². The van der Waals surface area contributed by atoms with Crippen LogP contribution in [-0.4, -0.2) is 58.6 Å². The molecule has 1 aliphatic heterocycles. The molecule has 1 aromatic heterocycles. The second kappa shape index (κ2) is 12.4. The molecule has 0 amide bonds. The van der Waals surface area contributed by atoms with E-state index in [1.807, 2.05) is 42.1 Å². The highest BCUT2D eigenvalue weighted by atomic mass is 32.2. The molecule has 2 aromatic carbocycles. The van der Waals surface area contributed by atoms with Gasteiger partial charge in [0.1, 0.15) is 5.75 Å². The average molecular weight is 495 g/mol. The minimum Gasteiger partial charge on any atom is -0.497 e. The maximum atomic E-state index is 12.1. The number of benzene rings is 2. The molecule has 1 fully saturated rings. The number of nitrogens with zero attached hydrogens (tertiary/aromatic N) is 2. The van der Waals surface area contributed by atoms with Crippen molar-refractivity contribution in [3.8, 4) is 5.75 Å². The monoisotopic (exact) mass is 494 g/mol. The van der Waals surface area contributed by atoms with Crippen LogP contribution in [0.15, 0.2) is 65.7 Å². The number of likely N-dealkylation sites (tertiary alicyclic amines) is 1. The maximum Gasteiger partial charge on any atom is 0.308 e. The van der Waals surface area contributed by atoms with Gasteiger partial charge >= 0.3 is 5.97 Å². The van der Waals surface area contributed by atoms with Crippen LogP contribution in [-0.2, 0) is 4.79 Å². The van der Waals surface area contributed by atoms with Crippen molar-refractivity contribution >= 4 is 28.6 Å². The van der Waals surface area contributed by atoms with Crippen molar-refractivity contribution in [1.82, 2.24) is 9.88 Å². The Balaban J connectivity index is 1.30. The summed E-state index contributed by atoms with van der Waals surface area (Å²) in [5, 5.41) is 21.8. The second-order valence-corrected chi connectivity index (χ2v) is 10.4. The van der Waals surface area contributed by atoms with Gasteiger partial charge in [-0.15, -0.1) is 11.8 Å². The molecule has 3 aromatic rings. The third-order valence-electron chi connectivity index (χ3n) is 6.94. The molecule has 1 aliphatic rings. The summed E-state index contributed by atoms with van der Waals surface area (Å²) in [5.74, 6) is 0.691. The molecule has 186 valence electrons. The topological polar surface area (TPSA) is 82.9 Å². The number of ether oxygens (including phenoxy) is 1. The molecular weight excluding hydrogens is 460 g/mol. The van der Waals surface area contributed by atoms with Gasteiger partial charge in [-0.1, -0.05) is 18.2 Å². The van der Waals surface area contributed by atoms with Gasteiger partial charge in [0.2, 0.25) is 0 Å². The van der Waals surface area contributed by atoms with E-state index in [2.05, 4.69) is 34.1 Å². The van der Waals surface area contributed by atoms with Crippen molar-refractivity contribution in [2.45, 2.75) is 36.7 Å². The molecule has 0 saturated carbocycles.